The fourth-order valence-electron chi connectivity index (χ4n) is 3.32. The number of pyridine rings is 1. The molecule has 1 aromatic heterocycles. The van der Waals surface area contributed by atoms with Crippen molar-refractivity contribution in [3.8, 4) is 11.5 Å². The third-order valence-corrected chi connectivity index (χ3v) is 5.30. The molecule has 0 atom stereocenters. The van der Waals surface area contributed by atoms with Gasteiger partial charge in [0.05, 0.1) is 5.56 Å². The monoisotopic (exact) mass is 487 g/mol. The van der Waals surface area contributed by atoms with Crippen LogP contribution >= 0.6 is 0 Å². The number of rotatable bonds is 8. The molecule has 1 fully saturated rings. The lowest BCUT2D eigenvalue weighted by molar-refractivity contribution is -0.140. The van der Waals surface area contributed by atoms with E-state index in [0.717, 1.165) is 24.5 Å². The van der Waals surface area contributed by atoms with Gasteiger partial charge in [0.15, 0.2) is 0 Å². The third-order valence-electron chi connectivity index (χ3n) is 5.30. The number of aromatic nitrogens is 1. The number of amides is 2. The SMILES string of the molecule is O=C(NCCc1cccc(Oc2ccnc(NC(=O)C3CC3)c2)c1)c1ccc(F)c(C(F)(F)F)c1. The first-order chi connectivity index (χ1) is 16.7. The van der Waals surface area contributed by atoms with E-state index in [1.165, 1.54) is 6.20 Å². The molecule has 1 heterocycles. The standard InChI is InChI=1S/C25H21F4N3O3/c26-21-7-6-17(13-20(21)25(27,28)29)23(33)31-10-8-15-2-1-3-18(12-15)35-19-9-11-30-22(14-19)32-24(34)16-4-5-16/h1-3,6-7,9,11-14,16H,4-5,8,10H2,(H,31,33)(H,30,32,34). The van der Waals surface area contributed by atoms with Gasteiger partial charge in [-0.1, -0.05) is 12.1 Å². The zero-order valence-corrected chi connectivity index (χ0v) is 18.4. The maximum absolute atomic E-state index is 13.4. The molecule has 1 aliphatic carbocycles. The van der Waals surface area contributed by atoms with Gasteiger partial charge in [0.2, 0.25) is 5.91 Å². The average molecular weight is 487 g/mol. The van der Waals surface area contributed by atoms with Gasteiger partial charge in [0.1, 0.15) is 23.1 Å². The highest BCUT2D eigenvalue weighted by molar-refractivity contribution is 5.94. The summed E-state index contributed by atoms with van der Waals surface area (Å²) in [4.78, 5) is 28.3. The fraction of sp³-hybridized carbons (Fsp3) is 0.240. The second kappa shape index (κ2) is 10.1. The van der Waals surface area contributed by atoms with Crippen LogP contribution in [-0.4, -0.2) is 23.3 Å². The quantitative estimate of drug-likeness (QED) is 0.420. The Balaban J connectivity index is 1.33. The Morgan fingerprint density at radius 3 is 2.54 bits per heavy atom. The lowest BCUT2D eigenvalue weighted by Crippen LogP contribution is -2.26. The smallest absolute Gasteiger partial charge is 0.419 e. The fourth-order valence-corrected chi connectivity index (χ4v) is 3.32. The number of benzene rings is 2. The molecule has 2 N–H and O–H groups in total. The molecule has 182 valence electrons. The number of ether oxygens (including phenoxy) is 1. The number of carbonyl (C=O) groups is 2. The van der Waals surface area contributed by atoms with Crippen LogP contribution in [0.2, 0.25) is 0 Å². The van der Waals surface area contributed by atoms with Crippen LogP contribution in [-0.2, 0) is 17.4 Å². The Kier molecular flexibility index (Phi) is 6.99. The first kappa shape index (κ1) is 24.2. The van der Waals surface area contributed by atoms with E-state index in [-0.39, 0.29) is 23.9 Å². The summed E-state index contributed by atoms with van der Waals surface area (Å²) in [5.41, 5.74) is -0.950. The van der Waals surface area contributed by atoms with Gasteiger partial charge in [-0.25, -0.2) is 9.37 Å². The van der Waals surface area contributed by atoms with Gasteiger partial charge < -0.3 is 15.4 Å². The van der Waals surface area contributed by atoms with Crippen molar-refractivity contribution in [1.29, 1.82) is 0 Å². The number of hydrogen-bond acceptors (Lipinski definition) is 4. The van der Waals surface area contributed by atoms with Crippen molar-refractivity contribution in [3.63, 3.8) is 0 Å². The van der Waals surface area contributed by atoms with Crippen molar-refractivity contribution in [2.24, 2.45) is 5.92 Å². The van der Waals surface area contributed by atoms with Crippen molar-refractivity contribution in [2.75, 3.05) is 11.9 Å². The van der Waals surface area contributed by atoms with Crippen LogP contribution < -0.4 is 15.4 Å². The van der Waals surface area contributed by atoms with E-state index in [9.17, 15) is 27.2 Å². The number of carbonyl (C=O) groups excluding carboxylic acids is 2. The second-order valence-electron chi connectivity index (χ2n) is 8.09. The predicted molar refractivity (Wildman–Crippen MR) is 120 cm³/mol. The molecular formula is C25H21F4N3O3. The molecule has 35 heavy (non-hydrogen) atoms. The lowest BCUT2D eigenvalue weighted by Gasteiger charge is -2.11. The second-order valence-corrected chi connectivity index (χ2v) is 8.09. The van der Waals surface area contributed by atoms with E-state index in [4.69, 9.17) is 4.74 Å². The molecular weight excluding hydrogens is 466 g/mol. The van der Waals surface area contributed by atoms with Crippen LogP contribution in [0.25, 0.3) is 0 Å². The summed E-state index contributed by atoms with van der Waals surface area (Å²) < 4.78 is 57.9. The van der Waals surface area contributed by atoms with E-state index in [0.29, 0.717) is 35.9 Å². The molecule has 2 aromatic carbocycles. The Bertz CT molecular complexity index is 1240. The topological polar surface area (TPSA) is 80.3 Å². The number of anilines is 1. The van der Waals surface area contributed by atoms with Crippen LogP contribution in [0.15, 0.2) is 60.8 Å². The van der Waals surface area contributed by atoms with Crippen LogP contribution in [0.3, 0.4) is 0 Å². The van der Waals surface area contributed by atoms with Crippen molar-refractivity contribution >= 4 is 17.6 Å². The lowest BCUT2D eigenvalue weighted by atomic mass is 10.1. The Morgan fingerprint density at radius 1 is 1.03 bits per heavy atom. The summed E-state index contributed by atoms with van der Waals surface area (Å²) in [5.74, 6) is -0.783. The molecule has 10 heteroatoms. The van der Waals surface area contributed by atoms with Crippen LogP contribution in [0.1, 0.15) is 34.3 Å². The summed E-state index contributed by atoms with van der Waals surface area (Å²) in [6.07, 6.45) is -1.22. The maximum atomic E-state index is 13.4. The van der Waals surface area contributed by atoms with Gasteiger partial charge in [-0.3, -0.25) is 9.59 Å². The molecule has 4 rings (SSSR count). The normalized spacial score (nSPS) is 13.3. The van der Waals surface area contributed by atoms with Gasteiger partial charge in [-0.05, 0) is 61.2 Å². The predicted octanol–water partition coefficient (Wildman–Crippen LogP) is 5.35. The Morgan fingerprint density at radius 2 is 1.80 bits per heavy atom. The van der Waals surface area contributed by atoms with Crippen molar-refractivity contribution in [2.45, 2.75) is 25.4 Å². The highest BCUT2D eigenvalue weighted by Gasteiger charge is 2.34. The summed E-state index contributed by atoms with van der Waals surface area (Å²) in [5, 5.41) is 5.29. The molecule has 2 amide bonds. The first-order valence-corrected chi connectivity index (χ1v) is 10.9. The van der Waals surface area contributed by atoms with Gasteiger partial charge in [-0.2, -0.15) is 13.2 Å². The number of nitrogens with zero attached hydrogens (tertiary/aromatic N) is 1. The minimum Gasteiger partial charge on any atom is -0.457 e. The summed E-state index contributed by atoms with van der Waals surface area (Å²) >= 11 is 0. The zero-order chi connectivity index (χ0) is 25.0. The van der Waals surface area contributed by atoms with Gasteiger partial charge in [0.25, 0.3) is 5.91 Å². The first-order valence-electron chi connectivity index (χ1n) is 10.9. The largest absolute Gasteiger partial charge is 0.457 e. The number of halogens is 4. The zero-order valence-electron chi connectivity index (χ0n) is 18.4. The minimum atomic E-state index is -4.89. The Hall–Kier alpha value is -3.95. The van der Waals surface area contributed by atoms with Crippen molar-refractivity contribution < 1.29 is 31.9 Å². The summed E-state index contributed by atoms with van der Waals surface area (Å²) in [6, 6.07) is 12.5. The Labute approximate surface area is 198 Å². The molecule has 6 nitrogen and oxygen atoms in total. The van der Waals surface area contributed by atoms with Gasteiger partial charge >= 0.3 is 6.18 Å². The molecule has 1 aliphatic rings. The number of alkyl halides is 3. The van der Waals surface area contributed by atoms with Crippen molar-refractivity contribution in [1.82, 2.24) is 10.3 Å². The molecule has 3 aromatic rings. The summed E-state index contributed by atoms with van der Waals surface area (Å²) in [7, 11) is 0. The van der Waals surface area contributed by atoms with E-state index >= 15 is 0 Å². The number of nitrogens with one attached hydrogen (secondary N) is 2. The highest BCUT2D eigenvalue weighted by Crippen LogP contribution is 2.32. The van der Waals surface area contributed by atoms with Crippen LogP contribution in [0, 0.1) is 11.7 Å². The molecule has 1 saturated carbocycles. The minimum absolute atomic E-state index is 0.0493. The molecule has 0 bridgehead atoms. The van der Waals surface area contributed by atoms with E-state index in [1.807, 2.05) is 6.07 Å². The number of hydrogen-bond donors (Lipinski definition) is 2. The van der Waals surface area contributed by atoms with E-state index in [1.54, 1.807) is 30.3 Å². The average Bonchev–Trinajstić information content (AvgIpc) is 3.65. The third kappa shape index (κ3) is 6.56. The van der Waals surface area contributed by atoms with Crippen molar-refractivity contribution in [3.05, 3.63) is 83.3 Å². The molecule has 0 aliphatic heterocycles. The maximum Gasteiger partial charge on any atom is 0.419 e. The molecule has 0 saturated heterocycles. The molecule has 0 radical (unpaired) electrons. The molecule has 0 unspecified atom stereocenters. The van der Waals surface area contributed by atoms with Gasteiger partial charge in [-0.15, -0.1) is 0 Å². The van der Waals surface area contributed by atoms with Crippen LogP contribution in [0.4, 0.5) is 23.4 Å². The van der Waals surface area contributed by atoms with E-state index in [2.05, 4.69) is 15.6 Å². The molecule has 0 spiro atoms. The van der Waals surface area contributed by atoms with E-state index < -0.39 is 23.5 Å². The van der Waals surface area contributed by atoms with Crippen LogP contribution in [0.5, 0.6) is 11.5 Å². The summed E-state index contributed by atoms with van der Waals surface area (Å²) in [6.45, 7) is 0.146. The highest BCUT2D eigenvalue weighted by atomic mass is 19.4. The van der Waals surface area contributed by atoms with Gasteiger partial charge in [0, 0.05) is 30.3 Å².